The number of nitrogens with one attached hydrogen (secondary N) is 1. The van der Waals surface area contributed by atoms with Crippen molar-refractivity contribution in [1.82, 2.24) is 15.3 Å². The molecule has 1 amide bonds. The molecule has 0 spiro atoms. The lowest BCUT2D eigenvalue weighted by Crippen LogP contribution is -2.31. The average molecular weight is 531 g/mol. The highest BCUT2D eigenvalue weighted by molar-refractivity contribution is 9.10. The molecule has 0 atom stereocenters. The van der Waals surface area contributed by atoms with Gasteiger partial charge in [-0.15, -0.1) is 0 Å². The van der Waals surface area contributed by atoms with Crippen molar-refractivity contribution in [2.24, 2.45) is 0 Å². The summed E-state index contributed by atoms with van der Waals surface area (Å²) in [6.07, 6.45) is 3.52. The molecule has 176 valence electrons. The second-order valence-electron chi connectivity index (χ2n) is 8.01. The first-order valence-electron chi connectivity index (χ1n) is 11.2. The van der Waals surface area contributed by atoms with Crippen molar-refractivity contribution in [3.8, 4) is 11.4 Å². The molecule has 0 saturated carbocycles. The van der Waals surface area contributed by atoms with Crippen LogP contribution in [-0.4, -0.2) is 22.4 Å². The number of aromatic nitrogens is 2. The van der Waals surface area contributed by atoms with Gasteiger partial charge in [-0.1, -0.05) is 40.2 Å². The molecule has 1 N–H and O–H groups in total. The fraction of sp³-hybridized carbons (Fsp3) is 0.148. The lowest BCUT2D eigenvalue weighted by atomic mass is 10.1. The molecule has 0 aliphatic carbocycles. The molecule has 35 heavy (non-hydrogen) atoms. The van der Waals surface area contributed by atoms with E-state index in [1.165, 1.54) is 0 Å². The summed E-state index contributed by atoms with van der Waals surface area (Å²) in [6.45, 7) is 1.27. The maximum Gasteiger partial charge on any atom is 0.222 e. The van der Waals surface area contributed by atoms with Gasteiger partial charge in [-0.25, -0.2) is 9.97 Å². The number of amides is 1. The summed E-state index contributed by atoms with van der Waals surface area (Å²) in [5.41, 5.74) is 1.74. The highest BCUT2D eigenvalue weighted by Crippen LogP contribution is 2.29. The number of halogens is 1. The number of anilines is 1. The Morgan fingerprint density at radius 2 is 1.71 bits per heavy atom. The van der Waals surface area contributed by atoms with Crippen LogP contribution in [0.25, 0.3) is 22.3 Å². The van der Waals surface area contributed by atoms with Gasteiger partial charge in [-0.05, 0) is 48.5 Å². The van der Waals surface area contributed by atoms with Crippen LogP contribution in [0.1, 0.15) is 17.9 Å². The molecule has 3 heterocycles. The zero-order valence-corrected chi connectivity index (χ0v) is 20.4. The predicted octanol–water partition coefficient (Wildman–Crippen LogP) is 5.96. The van der Waals surface area contributed by atoms with Crippen molar-refractivity contribution in [2.75, 3.05) is 11.4 Å². The largest absolute Gasteiger partial charge is 0.467 e. The van der Waals surface area contributed by atoms with E-state index in [-0.39, 0.29) is 12.3 Å². The molecule has 5 aromatic rings. The van der Waals surface area contributed by atoms with Crippen molar-refractivity contribution in [1.29, 1.82) is 0 Å². The number of carbonyl (C=O) groups is 1. The van der Waals surface area contributed by atoms with Gasteiger partial charge in [0.15, 0.2) is 5.82 Å². The Morgan fingerprint density at radius 1 is 0.914 bits per heavy atom. The summed E-state index contributed by atoms with van der Waals surface area (Å²) in [4.78, 5) is 24.5. The topological polar surface area (TPSA) is 84.4 Å². The van der Waals surface area contributed by atoms with E-state index in [2.05, 4.69) is 26.1 Å². The molecule has 2 aromatic carbocycles. The van der Waals surface area contributed by atoms with Gasteiger partial charge in [0.05, 0.1) is 31.1 Å². The summed E-state index contributed by atoms with van der Waals surface area (Å²) in [5, 5.41) is 3.82. The normalized spacial score (nSPS) is 11.0. The fourth-order valence-corrected chi connectivity index (χ4v) is 4.23. The predicted molar refractivity (Wildman–Crippen MR) is 138 cm³/mol. The van der Waals surface area contributed by atoms with Gasteiger partial charge in [0.25, 0.3) is 0 Å². The Kier molecular flexibility index (Phi) is 6.90. The number of para-hydroxylation sites is 1. The maximum absolute atomic E-state index is 12.6. The second kappa shape index (κ2) is 10.6. The average Bonchev–Trinajstić information content (AvgIpc) is 3.59. The number of carbonyl (C=O) groups excluding carboxylic acids is 1. The van der Waals surface area contributed by atoms with Crippen LogP contribution in [-0.2, 0) is 17.9 Å². The first kappa shape index (κ1) is 22.9. The van der Waals surface area contributed by atoms with Gasteiger partial charge in [-0.2, -0.15) is 0 Å². The van der Waals surface area contributed by atoms with Crippen molar-refractivity contribution in [3.05, 3.63) is 101 Å². The number of benzene rings is 2. The van der Waals surface area contributed by atoms with E-state index in [0.717, 1.165) is 32.5 Å². The number of fused-ring (bicyclic) bond motifs is 1. The Morgan fingerprint density at radius 3 is 2.49 bits per heavy atom. The van der Waals surface area contributed by atoms with Crippen molar-refractivity contribution in [3.63, 3.8) is 0 Å². The van der Waals surface area contributed by atoms with E-state index in [4.69, 9.17) is 18.8 Å². The third kappa shape index (κ3) is 5.60. The molecule has 0 aliphatic heterocycles. The Hall–Kier alpha value is -3.91. The lowest BCUT2D eigenvalue weighted by molar-refractivity contribution is -0.121. The van der Waals surface area contributed by atoms with E-state index in [1.807, 2.05) is 66.7 Å². The van der Waals surface area contributed by atoms with Crippen LogP contribution >= 0.6 is 15.9 Å². The minimum Gasteiger partial charge on any atom is -0.467 e. The van der Waals surface area contributed by atoms with E-state index in [1.54, 1.807) is 18.6 Å². The molecule has 8 heteroatoms. The van der Waals surface area contributed by atoms with E-state index in [9.17, 15) is 4.79 Å². The monoisotopic (exact) mass is 530 g/mol. The van der Waals surface area contributed by atoms with Crippen molar-refractivity contribution >= 4 is 38.6 Å². The SMILES string of the molecule is O=C(CCN(Cc1ccco1)c1nc(-c2cccc(Br)c2)nc2ccccc12)NCc1ccco1. The molecule has 0 saturated heterocycles. The first-order chi connectivity index (χ1) is 17.2. The van der Waals surface area contributed by atoms with Gasteiger partial charge in [0.1, 0.15) is 17.3 Å². The quantitative estimate of drug-likeness (QED) is 0.253. The zero-order chi connectivity index (χ0) is 24.0. The summed E-state index contributed by atoms with van der Waals surface area (Å²) in [6, 6.07) is 23.2. The lowest BCUT2D eigenvalue weighted by Gasteiger charge is -2.24. The molecule has 0 bridgehead atoms. The van der Waals surface area contributed by atoms with E-state index < -0.39 is 0 Å². The minimum absolute atomic E-state index is 0.0728. The van der Waals surface area contributed by atoms with Crippen LogP contribution in [0.15, 0.2) is 98.6 Å². The van der Waals surface area contributed by atoms with Gasteiger partial charge in [-0.3, -0.25) is 4.79 Å². The van der Waals surface area contributed by atoms with Crippen molar-refractivity contribution < 1.29 is 13.6 Å². The fourth-order valence-electron chi connectivity index (χ4n) is 3.83. The highest BCUT2D eigenvalue weighted by atomic mass is 79.9. The number of furan rings is 2. The van der Waals surface area contributed by atoms with Crippen LogP contribution in [0.4, 0.5) is 5.82 Å². The summed E-state index contributed by atoms with van der Waals surface area (Å²) >= 11 is 3.54. The Bertz CT molecular complexity index is 1420. The molecular formula is C27H23BrN4O3. The molecule has 3 aromatic heterocycles. The second-order valence-corrected chi connectivity index (χ2v) is 8.92. The standard InChI is InChI=1S/C27H23BrN4O3/c28-20-7-3-6-19(16-20)26-30-24-11-2-1-10-23(24)27(31-26)32(18-22-9-5-15-35-22)13-12-25(33)29-17-21-8-4-14-34-21/h1-11,14-16H,12-13,17-18H2,(H,29,33). The highest BCUT2D eigenvalue weighted by Gasteiger charge is 2.18. The van der Waals surface area contributed by atoms with Crippen LogP contribution in [0, 0.1) is 0 Å². The summed E-state index contributed by atoms with van der Waals surface area (Å²) < 4.78 is 11.9. The molecule has 0 radical (unpaired) electrons. The molecule has 0 aliphatic rings. The summed E-state index contributed by atoms with van der Waals surface area (Å²) in [5.74, 6) is 2.79. The molecule has 0 fully saturated rings. The van der Waals surface area contributed by atoms with Crippen LogP contribution < -0.4 is 10.2 Å². The van der Waals surface area contributed by atoms with Gasteiger partial charge < -0.3 is 19.1 Å². The van der Waals surface area contributed by atoms with Crippen LogP contribution in [0.3, 0.4) is 0 Å². The third-order valence-corrected chi connectivity index (χ3v) is 6.03. The van der Waals surface area contributed by atoms with E-state index in [0.29, 0.717) is 31.2 Å². The van der Waals surface area contributed by atoms with Crippen LogP contribution in [0.5, 0.6) is 0 Å². The number of hydrogen-bond acceptors (Lipinski definition) is 6. The zero-order valence-electron chi connectivity index (χ0n) is 18.9. The maximum atomic E-state index is 12.6. The van der Waals surface area contributed by atoms with Crippen molar-refractivity contribution in [2.45, 2.75) is 19.5 Å². The Balaban J connectivity index is 1.46. The molecule has 5 rings (SSSR count). The van der Waals surface area contributed by atoms with E-state index >= 15 is 0 Å². The minimum atomic E-state index is -0.0728. The Labute approximate surface area is 210 Å². The third-order valence-electron chi connectivity index (χ3n) is 5.54. The smallest absolute Gasteiger partial charge is 0.222 e. The molecule has 0 unspecified atom stereocenters. The molecule has 7 nitrogen and oxygen atoms in total. The summed E-state index contributed by atoms with van der Waals surface area (Å²) in [7, 11) is 0. The first-order valence-corrected chi connectivity index (χ1v) is 12.0. The molecular weight excluding hydrogens is 508 g/mol. The van der Waals surface area contributed by atoms with Gasteiger partial charge >= 0.3 is 0 Å². The number of rotatable bonds is 9. The van der Waals surface area contributed by atoms with Crippen LogP contribution in [0.2, 0.25) is 0 Å². The van der Waals surface area contributed by atoms with Gasteiger partial charge in [0, 0.05) is 28.4 Å². The number of nitrogens with zero attached hydrogens (tertiary/aromatic N) is 3. The van der Waals surface area contributed by atoms with Gasteiger partial charge in [0.2, 0.25) is 5.91 Å². The number of hydrogen-bond donors (Lipinski definition) is 1.